The second-order valence-electron chi connectivity index (χ2n) is 5.61. The molecule has 0 aliphatic rings. The Morgan fingerprint density at radius 1 is 1.14 bits per heavy atom. The lowest BCUT2D eigenvalue weighted by Gasteiger charge is -2.06. The maximum absolute atomic E-state index is 12.2. The van der Waals surface area contributed by atoms with Gasteiger partial charge in [-0.1, -0.05) is 12.1 Å². The molecule has 1 aromatic carbocycles. The van der Waals surface area contributed by atoms with E-state index in [0.29, 0.717) is 12.1 Å². The molecular formula is C18H19N3O. The van der Waals surface area contributed by atoms with E-state index in [1.54, 1.807) is 0 Å². The highest BCUT2D eigenvalue weighted by Crippen LogP contribution is 2.11. The van der Waals surface area contributed by atoms with Crippen LogP contribution in [0.15, 0.2) is 42.6 Å². The van der Waals surface area contributed by atoms with Crippen molar-refractivity contribution in [1.82, 2.24) is 14.7 Å². The number of hydrogen-bond acceptors (Lipinski definition) is 2. The Labute approximate surface area is 129 Å². The van der Waals surface area contributed by atoms with Crippen molar-refractivity contribution in [3.8, 4) is 0 Å². The molecule has 0 fully saturated rings. The van der Waals surface area contributed by atoms with Gasteiger partial charge in [-0.05, 0) is 56.2 Å². The molecule has 0 saturated heterocycles. The zero-order chi connectivity index (χ0) is 15.7. The van der Waals surface area contributed by atoms with E-state index < -0.39 is 0 Å². The van der Waals surface area contributed by atoms with Gasteiger partial charge in [-0.15, -0.1) is 0 Å². The van der Waals surface area contributed by atoms with Crippen LogP contribution in [-0.4, -0.2) is 15.3 Å². The molecule has 0 aliphatic carbocycles. The zero-order valence-electron chi connectivity index (χ0n) is 13.1. The molecule has 0 saturated carbocycles. The third-order valence-corrected chi connectivity index (χ3v) is 3.94. The van der Waals surface area contributed by atoms with E-state index in [1.165, 1.54) is 5.56 Å². The lowest BCUT2D eigenvalue weighted by atomic mass is 10.1. The zero-order valence-corrected chi connectivity index (χ0v) is 13.1. The van der Waals surface area contributed by atoms with Crippen molar-refractivity contribution < 1.29 is 4.79 Å². The normalized spacial score (nSPS) is 10.9. The van der Waals surface area contributed by atoms with Crippen LogP contribution in [0.4, 0.5) is 0 Å². The average molecular weight is 293 g/mol. The van der Waals surface area contributed by atoms with Gasteiger partial charge in [0.15, 0.2) is 0 Å². The first-order chi connectivity index (χ1) is 10.5. The van der Waals surface area contributed by atoms with Crippen LogP contribution in [0, 0.1) is 20.8 Å². The van der Waals surface area contributed by atoms with Crippen molar-refractivity contribution in [2.45, 2.75) is 27.3 Å². The standard InChI is InChI=1S/C18H19N3O/c1-12-7-8-15(9-13(12)2)18(22)19-10-16-11-21-14(3)5-4-6-17(21)20-16/h4-9,11H,10H2,1-3H3,(H,19,22). The Hall–Kier alpha value is -2.62. The van der Waals surface area contributed by atoms with Gasteiger partial charge in [0.05, 0.1) is 12.2 Å². The summed E-state index contributed by atoms with van der Waals surface area (Å²) in [5.41, 5.74) is 5.87. The number of carbonyl (C=O) groups is 1. The Balaban J connectivity index is 1.74. The van der Waals surface area contributed by atoms with E-state index in [2.05, 4.69) is 10.3 Å². The molecule has 4 heteroatoms. The molecular weight excluding hydrogens is 274 g/mol. The first kappa shape index (κ1) is 14.3. The van der Waals surface area contributed by atoms with Gasteiger partial charge in [0.1, 0.15) is 5.65 Å². The molecule has 0 radical (unpaired) electrons. The summed E-state index contributed by atoms with van der Waals surface area (Å²) in [5, 5.41) is 2.93. The van der Waals surface area contributed by atoms with E-state index in [-0.39, 0.29) is 5.91 Å². The number of fused-ring (bicyclic) bond motifs is 1. The van der Waals surface area contributed by atoms with Crippen molar-refractivity contribution >= 4 is 11.6 Å². The van der Waals surface area contributed by atoms with E-state index in [1.807, 2.05) is 67.8 Å². The number of imidazole rings is 1. The van der Waals surface area contributed by atoms with Gasteiger partial charge >= 0.3 is 0 Å². The number of pyridine rings is 1. The Morgan fingerprint density at radius 3 is 2.68 bits per heavy atom. The fourth-order valence-electron chi connectivity index (χ4n) is 2.44. The van der Waals surface area contributed by atoms with Crippen LogP contribution < -0.4 is 5.32 Å². The summed E-state index contributed by atoms with van der Waals surface area (Å²) >= 11 is 0. The van der Waals surface area contributed by atoms with Crippen molar-refractivity contribution in [3.05, 3.63) is 70.7 Å². The van der Waals surface area contributed by atoms with Gasteiger partial charge in [-0.2, -0.15) is 0 Å². The second kappa shape index (κ2) is 5.64. The minimum absolute atomic E-state index is 0.0723. The summed E-state index contributed by atoms with van der Waals surface area (Å²) in [7, 11) is 0. The van der Waals surface area contributed by atoms with E-state index in [4.69, 9.17) is 0 Å². The highest BCUT2D eigenvalue weighted by molar-refractivity contribution is 5.94. The predicted molar refractivity (Wildman–Crippen MR) is 87.0 cm³/mol. The van der Waals surface area contributed by atoms with Crippen molar-refractivity contribution in [3.63, 3.8) is 0 Å². The van der Waals surface area contributed by atoms with E-state index in [9.17, 15) is 4.79 Å². The number of amides is 1. The van der Waals surface area contributed by atoms with Gasteiger partial charge < -0.3 is 9.72 Å². The Kier molecular flexibility index (Phi) is 3.67. The number of aryl methyl sites for hydroxylation is 3. The minimum Gasteiger partial charge on any atom is -0.346 e. The number of nitrogens with zero attached hydrogens (tertiary/aromatic N) is 2. The number of rotatable bonds is 3. The topological polar surface area (TPSA) is 46.4 Å². The van der Waals surface area contributed by atoms with Gasteiger partial charge in [0, 0.05) is 17.5 Å². The molecule has 2 heterocycles. The smallest absolute Gasteiger partial charge is 0.251 e. The summed E-state index contributed by atoms with van der Waals surface area (Å²) in [5.74, 6) is -0.0723. The third-order valence-electron chi connectivity index (χ3n) is 3.94. The lowest BCUT2D eigenvalue weighted by molar-refractivity contribution is 0.0950. The van der Waals surface area contributed by atoms with E-state index in [0.717, 1.165) is 22.6 Å². The molecule has 112 valence electrons. The summed E-state index contributed by atoms with van der Waals surface area (Å²) in [4.78, 5) is 16.7. The Bertz CT molecular complexity index is 849. The van der Waals surface area contributed by atoms with Crippen LogP contribution in [0.5, 0.6) is 0 Å². The Morgan fingerprint density at radius 2 is 1.95 bits per heavy atom. The molecule has 2 aromatic heterocycles. The van der Waals surface area contributed by atoms with Crippen LogP contribution in [-0.2, 0) is 6.54 Å². The fourth-order valence-corrected chi connectivity index (χ4v) is 2.44. The maximum Gasteiger partial charge on any atom is 0.251 e. The molecule has 1 amide bonds. The molecule has 3 rings (SSSR count). The van der Waals surface area contributed by atoms with Gasteiger partial charge in [0.25, 0.3) is 5.91 Å². The fraction of sp³-hybridized carbons (Fsp3) is 0.222. The summed E-state index contributed by atoms with van der Waals surface area (Å²) < 4.78 is 2.03. The third kappa shape index (κ3) is 2.72. The SMILES string of the molecule is Cc1ccc(C(=O)NCc2cn3c(C)cccc3n2)cc1C. The molecule has 0 unspecified atom stereocenters. The highest BCUT2D eigenvalue weighted by atomic mass is 16.1. The van der Waals surface area contributed by atoms with Crippen molar-refractivity contribution in [2.75, 3.05) is 0 Å². The molecule has 0 bridgehead atoms. The number of hydrogen-bond donors (Lipinski definition) is 1. The second-order valence-corrected chi connectivity index (χ2v) is 5.61. The molecule has 1 N–H and O–H groups in total. The molecule has 0 atom stereocenters. The molecule has 4 nitrogen and oxygen atoms in total. The van der Waals surface area contributed by atoms with Crippen LogP contribution >= 0.6 is 0 Å². The summed E-state index contributed by atoms with van der Waals surface area (Å²) in [6.07, 6.45) is 1.96. The number of nitrogens with one attached hydrogen (secondary N) is 1. The summed E-state index contributed by atoms with van der Waals surface area (Å²) in [6.45, 7) is 6.51. The van der Waals surface area contributed by atoms with Crippen molar-refractivity contribution in [2.24, 2.45) is 0 Å². The highest BCUT2D eigenvalue weighted by Gasteiger charge is 2.08. The van der Waals surface area contributed by atoms with Crippen LogP contribution in [0.2, 0.25) is 0 Å². The van der Waals surface area contributed by atoms with Gasteiger partial charge in [0.2, 0.25) is 0 Å². The van der Waals surface area contributed by atoms with Crippen molar-refractivity contribution in [1.29, 1.82) is 0 Å². The largest absolute Gasteiger partial charge is 0.346 e. The average Bonchev–Trinajstić information content (AvgIpc) is 2.92. The minimum atomic E-state index is -0.0723. The van der Waals surface area contributed by atoms with Gasteiger partial charge in [-0.25, -0.2) is 4.98 Å². The van der Waals surface area contributed by atoms with Crippen LogP contribution in [0.3, 0.4) is 0 Å². The maximum atomic E-state index is 12.2. The quantitative estimate of drug-likeness (QED) is 0.806. The van der Waals surface area contributed by atoms with Crippen LogP contribution in [0.25, 0.3) is 5.65 Å². The molecule has 0 spiro atoms. The monoisotopic (exact) mass is 293 g/mol. The molecule has 22 heavy (non-hydrogen) atoms. The molecule has 0 aliphatic heterocycles. The predicted octanol–water partition coefficient (Wildman–Crippen LogP) is 3.19. The van der Waals surface area contributed by atoms with Gasteiger partial charge in [-0.3, -0.25) is 4.79 Å². The number of benzene rings is 1. The van der Waals surface area contributed by atoms with E-state index >= 15 is 0 Å². The summed E-state index contributed by atoms with van der Waals surface area (Å²) in [6, 6.07) is 11.7. The van der Waals surface area contributed by atoms with Crippen LogP contribution in [0.1, 0.15) is 32.9 Å². The first-order valence-electron chi connectivity index (χ1n) is 7.33. The molecule has 3 aromatic rings. The number of aromatic nitrogens is 2. The lowest BCUT2D eigenvalue weighted by Crippen LogP contribution is -2.23. The number of carbonyl (C=O) groups excluding carboxylic acids is 1. The first-order valence-corrected chi connectivity index (χ1v) is 7.33.